The number of amides is 2. The number of hydrogen-bond acceptors (Lipinski definition) is 4. The van der Waals surface area contributed by atoms with Crippen LogP contribution in [0.2, 0.25) is 0 Å². The molecule has 0 saturated heterocycles. The van der Waals surface area contributed by atoms with E-state index >= 15 is 0 Å². The first-order chi connectivity index (χ1) is 10.0. The normalized spacial score (nSPS) is 13.4. The Labute approximate surface area is 125 Å². The summed E-state index contributed by atoms with van der Waals surface area (Å²) in [4.78, 5) is 23.4. The molecular formula is C15H24N4O2. The third kappa shape index (κ3) is 6.37. The number of benzene rings is 1. The lowest BCUT2D eigenvalue weighted by Gasteiger charge is -2.18. The van der Waals surface area contributed by atoms with Crippen molar-refractivity contribution in [2.45, 2.75) is 37.8 Å². The van der Waals surface area contributed by atoms with E-state index in [1.54, 1.807) is 0 Å². The lowest BCUT2D eigenvalue weighted by molar-refractivity contribution is -0.128. The lowest BCUT2D eigenvalue weighted by atomic mass is 10.0. The molecule has 0 aliphatic rings. The van der Waals surface area contributed by atoms with Crippen LogP contribution in [0.3, 0.4) is 0 Å². The number of carbonyl (C=O) groups is 2. The van der Waals surface area contributed by atoms with Gasteiger partial charge in [0.1, 0.15) is 6.04 Å². The Kier molecular flexibility index (Phi) is 7.42. The van der Waals surface area contributed by atoms with Crippen molar-refractivity contribution < 1.29 is 9.59 Å². The topological polar surface area (TPSA) is 124 Å². The summed E-state index contributed by atoms with van der Waals surface area (Å²) < 4.78 is 0. The molecule has 6 nitrogen and oxygen atoms in total. The molecule has 0 radical (unpaired) electrons. The zero-order chi connectivity index (χ0) is 15.7. The zero-order valence-corrected chi connectivity index (χ0v) is 12.1. The van der Waals surface area contributed by atoms with E-state index in [0.29, 0.717) is 19.4 Å². The Morgan fingerprint density at radius 3 is 2.38 bits per heavy atom. The average molecular weight is 292 g/mol. The third-order valence-electron chi connectivity index (χ3n) is 3.24. The first-order valence-electron chi connectivity index (χ1n) is 7.14. The van der Waals surface area contributed by atoms with Crippen molar-refractivity contribution in [3.8, 4) is 0 Å². The van der Waals surface area contributed by atoms with Gasteiger partial charge >= 0.3 is 0 Å². The van der Waals surface area contributed by atoms with Crippen LogP contribution in [0.15, 0.2) is 30.3 Å². The third-order valence-corrected chi connectivity index (χ3v) is 3.24. The lowest BCUT2D eigenvalue weighted by Crippen LogP contribution is -2.51. The highest BCUT2D eigenvalue weighted by Gasteiger charge is 2.21. The molecule has 1 aromatic carbocycles. The molecule has 7 N–H and O–H groups in total. The van der Waals surface area contributed by atoms with Crippen LogP contribution in [-0.2, 0) is 16.0 Å². The molecule has 2 atom stereocenters. The van der Waals surface area contributed by atoms with Crippen molar-refractivity contribution in [2.75, 3.05) is 6.54 Å². The summed E-state index contributed by atoms with van der Waals surface area (Å²) >= 11 is 0. The predicted octanol–water partition coefficient (Wildman–Crippen LogP) is -0.344. The molecule has 6 heteroatoms. The summed E-state index contributed by atoms with van der Waals surface area (Å²) in [7, 11) is 0. The Morgan fingerprint density at radius 2 is 1.81 bits per heavy atom. The monoisotopic (exact) mass is 292 g/mol. The van der Waals surface area contributed by atoms with Crippen molar-refractivity contribution in [3.63, 3.8) is 0 Å². The smallest absolute Gasteiger partial charge is 0.240 e. The molecule has 21 heavy (non-hydrogen) atoms. The van der Waals surface area contributed by atoms with Gasteiger partial charge in [0.05, 0.1) is 6.04 Å². The second-order valence-electron chi connectivity index (χ2n) is 5.04. The van der Waals surface area contributed by atoms with Crippen molar-refractivity contribution in [1.82, 2.24) is 5.32 Å². The van der Waals surface area contributed by atoms with Gasteiger partial charge in [0.15, 0.2) is 0 Å². The molecule has 0 aliphatic carbocycles. The minimum Gasteiger partial charge on any atom is -0.368 e. The van der Waals surface area contributed by atoms with Gasteiger partial charge in [0, 0.05) is 0 Å². The average Bonchev–Trinajstić information content (AvgIpc) is 2.47. The Hall–Kier alpha value is -1.92. The molecule has 116 valence electrons. The molecule has 2 amide bonds. The molecule has 0 bridgehead atoms. The number of unbranched alkanes of at least 4 members (excludes halogenated alkanes) is 1. The molecule has 0 spiro atoms. The van der Waals surface area contributed by atoms with Gasteiger partial charge < -0.3 is 22.5 Å². The second-order valence-corrected chi connectivity index (χ2v) is 5.04. The highest BCUT2D eigenvalue weighted by atomic mass is 16.2. The fraction of sp³-hybridized carbons (Fsp3) is 0.467. The maximum atomic E-state index is 12.0. The van der Waals surface area contributed by atoms with E-state index < -0.39 is 18.0 Å². The first kappa shape index (κ1) is 17.1. The van der Waals surface area contributed by atoms with Gasteiger partial charge in [-0.15, -0.1) is 0 Å². The molecule has 0 aliphatic heterocycles. The van der Waals surface area contributed by atoms with Gasteiger partial charge in [-0.2, -0.15) is 0 Å². The maximum Gasteiger partial charge on any atom is 0.240 e. The number of nitrogens with one attached hydrogen (secondary N) is 1. The highest BCUT2D eigenvalue weighted by Crippen LogP contribution is 2.04. The van der Waals surface area contributed by atoms with E-state index in [-0.39, 0.29) is 5.91 Å². The van der Waals surface area contributed by atoms with Gasteiger partial charge in [0.25, 0.3) is 0 Å². The zero-order valence-electron chi connectivity index (χ0n) is 12.1. The molecule has 0 fully saturated rings. The van der Waals surface area contributed by atoms with Crippen molar-refractivity contribution in [1.29, 1.82) is 0 Å². The summed E-state index contributed by atoms with van der Waals surface area (Å²) in [5, 5.41) is 2.62. The fourth-order valence-corrected chi connectivity index (χ4v) is 2.02. The van der Waals surface area contributed by atoms with Gasteiger partial charge in [-0.3, -0.25) is 9.59 Å². The van der Waals surface area contributed by atoms with E-state index in [1.807, 2.05) is 30.3 Å². The molecule has 1 aromatic rings. The number of nitrogens with two attached hydrogens (primary N) is 3. The van der Waals surface area contributed by atoms with E-state index in [1.165, 1.54) is 0 Å². The Bertz CT molecular complexity index is 450. The summed E-state index contributed by atoms with van der Waals surface area (Å²) in [5.41, 5.74) is 17.5. The van der Waals surface area contributed by atoms with Gasteiger partial charge in [-0.1, -0.05) is 30.3 Å². The Balaban J connectivity index is 2.50. The van der Waals surface area contributed by atoms with E-state index in [2.05, 4.69) is 5.32 Å². The predicted molar refractivity (Wildman–Crippen MR) is 82.2 cm³/mol. The highest BCUT2D eigenvalue weighted by molar-refractivity contribution is 5.89. The van der Waals surface area contributed by atoms with Crippen LogP contribution in [0.4, 0.5) is 0 Å². The summed E-state index contributed by atoms with van der Waals surface area (Å²) in [5.74, 6) is -0.914. The minimum atomic E-state index is -0.705. The summed E-state index contributed by atoms with van der Waals surface area (Å²) in [6.07, 6.45) is 2.42. The minimum absolute atomic E-state index is 0.365. The fourth-order valence-electron chi connectivity index (χ4n) is 2.02. The molecule has 0 aromatic heterocycles. The number of rotatable bonds is 9. The van der Waals surface area contributed by atoms with Gasteiger partial charge in [-0.05, 0) is 37.8 Å². The number of primary amides is 1. The Morgan fingerprint density at radius 1 is 1.14 bits per heavy atom. The van der Waals surface area contributed by atoms with E-state index in [4.69, 9.17) is 17.2 Å². The standard InChI is InChI=1S/C15H24N4O2/c16-9-5-4-8-13(14(18)20)19-15(21)12(17)10-11-6-2-1-3-7-11/h1-3,6-7,12-13H,4-5,8-10,16-17H2,(H2,18,20)(H,19,21)/t12-,13-/m1/s1. The number of carbonyl (C=O) groups excluding carboxylic acids is 2. The van der Waals surface area contributed by atoms with Gasteiger partial charge in [-0.25, -0.2) is 0 Å². The SMILES string of the molecule is NCCCC[C@@H](NC(=O)[C@H](N)Cc1ccccc1)C(N)=O. The second kappa shape index (κ2) is 9.10. The van der Waals surface area contributed by atoms with Crippen LogP contribution in [0.1, 0.15) is 24.8 Å². The summed E-state index contributed by atoms with van der Waals surface area (Å²) in [6.45, 7) is 0.549. The maximum absolute atomic E-state index is 12.0. The van der Waals surface area contributed by atoms with Crippen LogP contribution < -0.4 is 22.5 Å². The molecule has 1 rings (SSSR count). The van der Waals surface area contributed by atoms with Crippen molar-refractivity contribution in [3.05, 3.63) is 35.9 Å². The van der Waals surface area contributed by atoms with Crippen LogP contribution in [0.5, 0.6) is 0 Å². The largest absolute Gasteiger partial charge is 0.368 e. The van der Waals surface area contributed by atoms with Gasteiger partial charge in [0.2, 0.25) is 11.8 Å². The quantitative estimate of drug-likeness (QED) is 0.464. The van der Waals surface area contributed by atoms with Crippen LogP contribution in [0, 0.1) is 0 Å². The van der Waals surface area contributed by atoms with Crippen LogP contribution in [0.25, 0.3) is 0 Å². The van der Waals surface area contributed by atoms with Crippen LogP contribution in [-0.4, -0.2) is 30.4 Å². The van der Waals surface area contributed by atoms with Crippen LogP contribution >= 0.6 is 0 Å². The first-order valence-corrected chi connectivity index (χ1v) is 7.14. The molecule has 0 unspecified atom stereocenters. The van der Waals surface area contributed by atoms with E-state index in [0.717, 1.165) is 18.4 Å². The van der Waals surface area contributed by atoms with E-state index in [9.17, 15) is 9.59 Å². The number of hydrogen-bond donors (Lipinski definition) is 4. The molecule has 0 saturated carbocycles. The van der Waals surface area contributed by atoms with Crippen molar-refractivity contribution in [2.24, 2.45) is 17.2 Å². The molecule has 0 heterocycles. The van der Waals surface area contributed by atoms with Crippen molar-refractivity contribution >= 4 is 11.8 Å². The summed E-state index contributed by atoms with van der Waals surface area (Å²) in [6, 6.07) is 8.09. The molecular weight excluding hydrogens is 268 g/mol.